The van der Waals surface area contributed by atoms with Gasteiger partial charge in [-0.1, -0.05) is 18.6 Å². The van der Waals surface area contributed by atoms with Crippen LogP contribution in [-0.4, -0.2) is 17.9 Å². The van der Waals surface area contributed by atoms with Gasteiger partial charge in [0.25, 0.3) is 0 Å². The summed E-state index contributed by atoms with van der Waals surface area (Å²) in [5, 5.41) is 0. The topological polar surface area (TPSA) is 43.4 Å². The summed E-state index contributed by atoms with van der Waals surface area (Å²) in [5.74, 6) is 0.0947. The summed E-state index contributed by atoms with van der Waals surface area (Å²) in [6, 6.07) is 0. The van der Waals surface area contributed by atoms with Gasteiger partial charge in [0.05, 0.1) is 5.41 Å². The van der Waals surface area contributed by atoms with Gasteiger partial charge >= 0.3 is 5.97 Å². The Bertz CT molecular complexity index is 521. The highest BCUT2D eigenvalue weighted by Crippen LogP contribution is 2.50. The first-order chi connectivity index (χ1) is 10.2. The van der Waals surface area contributed by atoms with E-state index < -0.39 is 5.41 Å². The molecular weight excluding hydrogens is 276 g/mol. The maximum Gasteiger partial charge on any atom is 0.311 e. The van der Waals surface area contributed by atoms with Gasteiger partial charge in [-0.2, -0.15) is 0 Å². The molecule has 0 saturated heterocycles. The van der Waals surface area contributed by atoms with Crippen molar-refractivity contribution in [2.24, 2.45) is 10.8 Å². The van der Waals surface area contributed by atoms with Gasteiger partial charge in [-0.15, -0.1) is 6.58 Å². The Labute approximate surface area is 133 Å². The third-order valence-corrected chi connectivity index (χ3v) is 5.08. The molecule has 0 unspecified atom stereocenters. The fraction of sp³-hybridized carbons (Fsp3) is 0.684. The first kappa shape index (κ1) is 17.0. The van der Waals surface area contributed by atoms with E-state index >= 15 is 0 Å². The molecule has 2 atom stereocenters. The second-order valence-electron chi connectivity index (χ2n) is 7.83. The van der Waals surface area contributed by atoms with Crippen LogP contribution < -0.4 is 0 Å². The van der Waals surface area contributed by atoms with E-state index in [1.165, 1.54) is 5.57 Å². The summed E-state index contributed by atoms with van der Waals surface area (Å²) >= 11 is 0. The molecule has 0 heterocycles. The number of ether oxygens (including phenoxy) is 1. The summed E-state index contributed by atoms with van der Waals surface area (Å²) in [7, 11) is 0. The van der Waals surface area contributed by atoms with Crippen molar-refractivity contribution in [3.05, 3.63) is 23.8 Å². The van der Waals surface area contributed by atoms with E-state index in [4.69, 9.17) is 4.74 Å². The van der Waals surface area contributed by atoms with Gasteiger partial charge in [0.15, 0.2) is 5.78 Å². The first-order valence-corrected chi connectivity index (χ1v) is 8.28. The maximum atomic E-state index is 12.3. The molecule has 0 amide bonds. The van der Waals surface area contributed by atoms with Crippen LogP contribution in [0, 0.1) is 10.8 Å². The predicted octanol–water partition coefficient (Wildman–Crippen LogP) is 4.37. The molecule has 3 heteroatoms. The van der Waals surface area contributed by atoms with Crippen molar-refractivity contribution in [2.45, 2.75) is 72.3 Å². The zero-order valence-corrected chi connectivity index (χ0v) is 14.3. The molecule has 2 aliphatic carbocycles. The van der Waals surface area contributed by atoms with Gasteiger partial charge < -0.3 is 4.74 Å². The molecule has 0 aliphatic heterocycles. The third-order valence-electron chi connectivity index (χ3n) is 5.08. The van der Waals surface area contributed by atoms with E-state index in [-0.39, 0.29) is 23.3 Å². The fourth-order valence-corrected chi connectivity index (χ4v) is 3.64. The normalized spacial score (nSPS) is 29.1. The Kier molecular flexibility index (Phi) is 4.65. The Balaban J connectivity index is 2.34. The molecule has 0 spiro atoms. The van der Waals surface area contributed by atoms with Crippen molar-refractivity contribution in [2.75, 3.05) is 0 Å². The molecule has 2 aliphatic rings. The van der Waals surface area contributed by atoms with Crippen molar-refractivity contribution in [3.8, 4) is 0 Å². The van der Waals surface area contributed by atoms with Crippen molar-refractivity contribution >= 4 is 11.8 Å². The lowest BCUT2D eigenvalue weighted by molar-refractivity contribution is -0.166. The monoisotopic (exact) mass is 304 g/mol. The third kappa shape index (κ3) is 3.04. The number of fused-ring (bicyclic) bond motifs is 1. The van der Waals surface area contributed by atoms with E-state index in [1.54, 1.807) is 6.08 Å². The molecule has 0 bridgehead atoms. The van der Waals surface area contributed by atoms with E-state index in [9.17, 15) is 9.59 Å². The molecule has 0 N–H and O–H groups in total. The minimum absolute atomic E-state index is 0.115. The maximum absolute atomic E-state index is 12.3. The number of ketones is 1. The molecule has 22 heavy (non-hydrogen) atoms. The number of carbonyl (C=O) groups excluding carboxylic acids is 2. The minimum Gasteiger partial charge on any atom is -0.461 e. The van der Waals surface area contributed by atoms with E-state index in [0.717, 1.165) is 31.3 Å². The minimum atomic E-state index is -0.494. The number of hydrogen-bond donors (Lipinski definition) is 0. The molecule has 0 aromatic carbocycles. The average Bonchev–Trinajstić information content (AvgIpc) is 2.43. The fourth-order valence-electron chi connectivity index (χ4n) is 3.64. The number of carbonyl (C=O) groups is 2. The summed E-state index contributed by atoms with van der Waals surface area (Å²) in [6.07, 6.45) is 6.44. The van der Waals surface area contributed by atoms with Crippen LogP contribution in [0.2, 0.25) is 0 Å². The first-order valence-electron chi connectivity index (χ1n) is 8.28. The Morgan fingerprint density at radius 3 is 2.68 bits per heavy atom. The van der Waals surface area contributed by atoms with Crippen molar-refractivity contribution in [3.63, 3.8) is 0 Å². The van der Waals surface area contributed by atoms with Gasteiger partial charge in [0.2, 0.25) is 0 Å². The van der Waals surface area contributed by atoms with Gasteiger partial charge in [-0.05, 0) is 58.4 Å². The van der Waals surface area contributed by atoms with Gasteiger partial charge in [0.1, 0.15) is 6.10 Å². The van der Waals surface area contributed by atoms with E-state index in [0.29, 0.717) is 12.8 Å². The lowest BCUT2D eigenvalue weighted by atomic mass is 9.61. The van der Waals surface area contributed by atoms with E-state index in [1.807, 2.05) is 20.8 Å². The number of rotatable bonds is 3. The highest BCUT2D eigenvalue weighted by molar-refractivity contribution is 5.97. The highest BCUT2D eigenvalue weighted by atomic mass is 16.5. The van der Waals surface area contributed by atoms with Crippen molar-refractivity contribution in [1.29, 1.82) is 0 Å². The van der Waals surface area contributed by atoms with Crippen LogP contribution in [-0.2, 0) is 14.3 Å². The highest BCUT2D eigenvalue weighted by Gasteiger charge is 2.47. The molecule has 0 aromatic heterocycles. The Morgan fingerprint density at radius 2 is 2.09 bits per heavy atom. The number of Topliss-reactive ketones (excluding diaryl/α,β-unsaturated/α-hetero) is 1. The number of hydrogen-bond acceptors (Lipinski definition) is 3. The Morgan fingerprint density at radius 1 is 1.41 bits per heavy atom. The SMILES string of the molecule is C=CCC1=C2CCC[C@H](OC(=O)C(C)(C)C)[C@@]2(C)CCC1=O. The number of esters is 1. The lowest BCUT2D eigenvalue weighted by Crippen LogP contribution is -2.45. The lowest BCUT2D eigenvalue weighted by Gasteiger charge is -2.46. The summed E-state index contributed by atoms with van der Waals surface area (Å²) in [6.45, 7) is 11.6. The molecule has 1 fully saturated rings. The molecule has 0 radical (unpaired) electrons. The van der Waals surface area contributed by atoms with E-state index in [2.05, 4.69) is 13.5 Å². The molecule has 1 saturated carbocycles. The van der Waals surface area contributed by atoms with Crippen LogP contribution in [0.15, 0.2) is 23.8 Å². The van der Waals surface area contributed by atoms with Crippen LogP contribution in [0.3, 0.4) is 0 Å². The quantitative estimate of drug-likeness (QED) is 0.574. The second kappa shape index (κ2) is 6.02. The largest absolute Gasteiger partial charge is 0.461 e. The van der Waals surface area contributed by atoms with Crippen LogP contribution in [0.5, 0.6) is 0 Å². The van der Waals surface area contributed by atoms with Crippen LogP contribution in [0.25, 0.3) is 0 Å². The summed E-state index contributed by atoms with van der Waals surface area (Å²) in [4.78, 5) is 24.6. The molecular formula is C19H28O3. The smallest absolute Gasteiger partial charge is 0.311 e. The predicted molar refractivity (Wildman–Crippen MR) is 87.4 cm³/mol. The zero-order valence-electron chi connectivity index (χ0n) is 14.3. The molecule has 122 valence electrons. The molecule has 2 rings (SSSR count). The van der Waals surface area contributed by atoms with Crippen molar-refractivity contribution < 1.29 is 14.3 Å². The van der Waals surface area contributed by atoms with Crippen LogP contribution in [0.1, 0.15) is 66.2 Å². The second-order valence-corrected chi connectivity index (χ2v) is 7.83. The van der Waals surface area contributed by atoms with Crippen LogP contribution in [0.4, 0.5) is 0 Å². The number of allylic oxidation sites excluding steroid dienone is 2. The van der Waals surface area contributed by atoms with Crippen molar-refractivity contribution in [1.82, 2.24) is 0 Å². The Hall–Kier alpha value is -1.38. The molecule has 3 nitrogen and oxygen atoms in total. The summed E-state index contributed by atoms with van der Waals surface area (Å²) in [5.41, 5.74) is 1.44. The standard InChI is InChI=1S/C19H28O3/c1-6-8-13-14-9-7-10-16(22-17(21)18(2,3)4)19(14,5)12-11-15(13)20/h6,16H,1,7-12H2,2-5H3/t16-,19-/m0/s1. The average molecular weight is 304 g/mol. The zero-order chi connectivity index (χ0) is 16.5. The van der Waals surface area contributed by atoms with Crippen LogP contribution >= 0.6 is 0 Å². The van der Waals surface area contributed by atoms with Gasteiger partial charge in [-0.3, -0.25) is 9.59 Å². The van der Waals surface area contributed by atoms with Gasteiger partial charge in [0, 0.05) is 11.8 Å². The summed E-state index contributed by atoms with van der Waals surface area (Å²) < 4.78 is 5.88. The molecule has 0 aromatic rings. The van der Waals surface area contributed by atoms with Gasteiger partial charge in [-0.25, -0.2) is 0 Å².